The highest BCUT2D eigenvalue weighted by Gasteiger charge is 2.25. The molecule has 0 saturated heterocycles. The SMILES string of the molecule is CN(C)C(CNC(=O)c1n[nH]c2c1CNCC2)c1c(F)cccc1F. The van der Waals surface area contributed by atoms with Crippen LogP contribution >= 0.6 is 0 Å². The number of amides is 1. The van der Waals surface area contributed by atoms with Gasteiger partial charge in [0.05, 0.1) is 6.04 Å². The van der Waals surface area contributed by atoms with Gasteiger partial charge in [0.25, 0.3) is 5.91 Å². The van der Waals surface area contributed by atoms with Gasteiger partial charge in [-0.1, -0.05) is 6.07 Å². The topological polar surface area (TPSA) is 73.0 Å². The summed E-state index contributed by atoms with van der Waals surface area (Å²) < 4.78 is 28.2. The number of hydrogen-bond donors (Lipinski definition) is 3. The second kappa shape index (κ2) is 7.28. The van der Waals surface area contributed by atoms with Gasteiger partial charge < -0.3 is 15.5 Å². The Morgan fingerprint density at radius 2 is 2.08 bits per heavy atom. The van der Waals surface area contributed by atoms with Crippen LogP contribution < -0.4 is 10.6 Å². The normalized spacial score (nSPS) is 15.1. The molecule has 1 aliphatic heterocycles. The lowest BCUT2D eigenvalue weighted by atomic mass is 10.0. The third-order valence-electron chi connectivity index (χ3n) is 4.43. The van der Waals surface area contributed by atoms with Crippen molar-refractivity contribution in [1.82, 2.24) is 25.7 Å². The molecule has 1 atom stereocenters. The van der Waals surface area contributed by atoms with Crippen LogP contribution in [0, 0.1) is 11.6 Å². The highest BCUT2D eigenvalue weighted by Crippen LogP contribution is 2.24. The molecule has 0 fully saturated rings. The molecule has 1 aliphatic rings. The van der Waals surface area contributed by atoms with Crippen LogP contribution in [0.3, 0.4) is 0 Å². The van der Waals surface area contributed by atoms with Crippen LogP contribution in [0.25, 0.3) is 0 Å². The summed E-state index contributed by atoms with van der Waals surface area (Å²) in [5, 5.41) is 12.9. The number of nitrogens with one attached hydrogen (secondary N) is 3. The first-order valence-electron chi connectivity index (χ1n) is 8.14. The predicted octanol–water partition coefficient (Wildman–Crippen LogP) is 1.37. The standard InChI is InChI=1S/C17H21F2N5O/c1-24(2)14(15-11(18)4-3-5-12(15)19)9-21-17(25)16-10-8-20-7-6-13(10)22-23-16/h3-5,14,20H,6-9H2,1-2H3,(H,21,25)(H,22,23). The molecule has 0 spiro atoms. The van der Waals surface area contributed by atoms with Crippen molar-refractivity contribution in [3.05, 3.63) is 52.3 Å². The van der Waals surface area contributed by atoms with E-state index in [0.717, 1.165) is 24.2 Å². The summed E-state index contributed by atoms with van der Waals surface area (Å²) >= 11 is 0. The van der Waals surface area contributed by atoms with E-state index in [1.807, 2.05) is 0 Å². The number of H-pyrrole nitrogens is 1. The van der Waals surface area contributed by atoms with Crippen molar-refractivity contribution >= 4 is 5.91 Å². The van der Waals surface area contributed by atoms with Gasteiger partial charge in [-0.15, -0.1) is 0 Å². The summed E-state index contributed by atoms with van der Waals surface area (Å²) in [4.78, 5) is 14.1. The van der Waals surface area contributed by atoms with E-state index in [0.29, 0.717) is 12.2 Å². The summed E-state index contributed by atoms with van der Waals surface area (Å²) in [6, 6.07) is 3.12. The maximum Gasteiger partial charge on any atom is 0.272 e. The van der Waals surface area contributed by atoms with Crippen LogP contribution in [-0.2, 0) is 13.0 Å². The molecule has 25 heavy (non-hydrogen) atoms. The molecule has 2 aromatic rings. The number of likely N-dealkylation sites (N-methyl/N-ethyl adjacent to an activating group) is 1. The van der Waals surface area contributed by atoms with Crippen molar-refractivity contribution < 1.29 is 13.6 Å². The van der Waals surface area contributed by atoms with Crippen molar-refractivity contribution in [2.75, 3.05) is 27.2 Å². The summed E-state index contributed by atoms with van der Waals surface area (Å²) in [5.74, 6) is -1.62. The second-order valence-corrected chi connectivity index (χ2v) is 6.28. The molecular formula is C17H21F2N5O. The zero-order valence-corrected chi connectivity index (χ0v) is 14.2. The second-order valence-electron chi connectivity index (χ2n) is 6.28. The van der Waals surface area contributed by atoms with Crippen molar-refractivity contribution in [3.63, 3.8) is 0 Å². The number of aromatic amines is 1. The largest absolute Gasteiger partial charge is 0.349 e. The van der Waals surface area contributed by atoms with Crippen LogP contribution in [0.5, 0.6) is 0 Å². The lowest BCUT2D eigenvalue weighted by Gasteiger charge is -2.25. The van der Waals surface area contributed by atoms with Gasteiger partial charge in [-0.3, -0.25) is 9.89 Å². The molecule has 1 aromatic heterocycles. The minimum atomic E-state index is -0.630. The molecule has 0 aliphatic carbocycles. The van der Waals surface area contributed by atoms with Gasteiger partial charge in [0, 0.05) is 42.9 Å². The van der Waals surface area contributed by atoms with E-state index in [2.05, 4.69) is 20.8 Å². The Bertz CT molecular complexity index is 754. The zero-order valence-electron chi connectivity index (χ0n) is 14.2. The predicted molar refractivity (Wildman–Crippen MR) is 89.1 cm³/mol. The average Bonchev–Trinajstić information content (AvgIpc) is 3.01. The first kappa shape index (κ1) is 17.5. The van der Waals surface area contributed by atoms with E-state index in [9.17, 15) is 13.6 Å². The number of fused-ring (bicyclic) bond motifs is 1. The Balaban J connectivity index is 1.76. The smallest absolute Gasteiger partial charge is 0.272 e. The lowest BCUT2D eigenvalue weighted by molar-refractivity contribution is 0.0934. The van der Waals surface area contributed by atoms with Crippen LogP contribution in [-0.4, -0.2) is 48.2 Å². The Hall–Kier alpha value is -2.32. The number of nitrogens with zero attached hydrogens (tertiary/aromatic N) is 2. The molecule has 0 bridgehead atoms. The van der Waals surface area contributed by atoms with Gasteiger partial charge in [0.1, 0.15) is 11.6 Å². The summed E-state index contributed by atoms with van der Waals surface area (Å²) in [6.45, 7) is 1.48. The molecule has 134 valence electrons. The molecule has 1 aromatic carbocycles. The van der Waals surface area contributed by atoms with Gasteiger partial charge in [-0.05, 0) is 26.2 Å². The fourth-order valence-corrected chi connectivity index (χ4v) is 3.06. The molecule has 0 saturated carbocycles. The number of carbonyl (C=O) groups excluding carboxylic acids is 1. The molecule has 1 unspecified atom stereocenters. The molecular weight excluding hydrogens is 328 g/mol. The molecule has 1 amide bonds. The molecule has 3 N–H and O–H groups in total. The van der Waals surface area contributed by atoms with Crippen molar-refractivity contribution in [2.45, 2.75) is 19.0 Å². The monoisotopic (exact) mass is 349 g/mol. The van der Waals surface area contributed by atoms with Crippen LogP contribution in [0.1, 0.15) is 33.4 Å². The maximum absolute atomic E-state index is 14.1. The third kappa shape index (κ3) is 3.54. The van der Waals surface area contributed by atoms with Gasteiger partial charge in [0.2, 0.25) is 0 Å². The number of rotatable bonds is 5. The molecule has 0 radical (unpaired) electrons. The van der Waals surface area contributed by atoms with E-state index >= 15 is 0 Å². The summed E-state index contributed by atoms with van der Waals surface area (Å²) in [5.41, 5.74) is 2.07. The van der Waals surface area contributed by atoms with Crippen LogP contribution in [0.15, 0.2) is 18.2 Å². The van der Waals surface area contributed by atoms with Crippen molar-refractivity contribution in [2.24, 2.45) is 0 Å². The quantitative estimate of drug-likeness (QED) is 0.762. The lowest BCUT2D eigenvalue weighted by Crippen LogP contribution is -2.36. The fourth-order valence-electron chi connectivity index (χ4n) is 3.06. The Morgan fingerprint density at radius 3 is 2.76 bits per heavy atom. The molecule has 6 nitrogen and oxygen atoms in total. The van der Waals surface area contributed by atoms with Crippen LogP contribution in [0.2, 0.25) is 0 Å². The number of aromatic nitrogens is 2. The molecule has 3 rings (SSSR count). The highest BCUT2D eigenvalue weighted by atomic mass is 19.1. The molecule has 8 heteroatoms. The fraction of sp³-hybridized carbons (Fsp3) is 0.412. The highest BCUT2D eigenvalue weighted by molar-refractivity contribution is 5.94. The van der Waals surface area contributed by atoms with Gasteiger partial charge in [0.15, 0.2) is 5.69 Å². The first-order valence-corrected chi connectivity index (χ1v) is 8.14. The maximum atomic E-state index is 14.1. The zero-order chi connectivity index (χ0) is 18.0. The first-order chi connectivity index (χ1) is 12.0. The van der Waals surface area contributed by atoms with E-state index in [-0.39, 0.29) is 18.0 Å². The Morgan fingerprint density at radius 1 is 1.36 bits per heavy atom. The number of benzene rings is 1. The Labute approximate surface area is 144 Å². The van der Waals surface area contributed by atoms with Crippen molar-refractivity contribution in [3.8, 4) is 0 Å². The number of hydrogen-bond acceptors (Lipinski definition) is 4. The van der Waals surface area contributed by atoms with E-state index < -0.39 is 17.7 Å². The minimum absolute atomic E-state index is 0.0569. The van der Waals surface area contributed by atoms with E-state index in [1.165, 1.54) is 18.2 Å². The van der Waals surface area contributed by atoms with E-state index in [1.54, 1.807) is 19.0 Å². The average molecular weight is 349 g/mol. The summed E-state index contributed by atoms with van der Waals surface area (Å²) in [7, 11) is 3.42. The third-order valence-corrected chi connectivity index (χ3v) is 4.43. The summed E-state index contributed by atoms with van der Waals surface area (Å²) in [6.07, 6.45) is 0.788. The minimum Gasteiger partial charge on any atom is -0.349 e. The Kier molecular flexibility index (Phi) is 5.10. The van der Waals surface area contributed by atoms with Crippen molar-refractivity contribution in [1.29, 1.82) is 0 Å². The number of halogens is 2. The number of carbonyl (C=O) groups is 1. The van der Waals surface area contributed by atoms with E-state index in [4.69, 9.17) is 0 Å². The molecule has 2 heterocycles. The van der Waals surface area contributed by atoms with Gasteiger partial charge in [-0.2, -0.15) is 5.10 Å². The van der Waals surface area contributed by atoms with Gasteiger partial charge in [-0.25, -0.2) is 8.78 Å². The van der Waals surface area contributed by atoms with Crippen LogP contribution in [0.4, 0.5) is 8.78 Å². The van der Waals surface area contributed by atoms with Gasteiger partial charge >= 0.3 is 0 Å².